The van der Waals surface area contributed by atoms with Crippen LogP contribution in [0.2, 0.25) is 0 Å². The Morgan fingerprint density at radius 3 is 2.67 bits per heavy atom. The minimum atomic E-state index is -3.80. The smallest absolute Gasteiger partial charge is 0.266 e. The molecule has 0 atom stereocenters. The number of benzene rings is 1. The number of likely N-dealkylation sites (N-methyl/N-ethyl adjacent to an activating group) is 1. The Bertz CT molecular complexity index is 1560. The van der Waals surface area contributed by atoms with Crippen LogP contribution in [-0.4, -0.2) is 74.3 Å². The van der Waals surface area contributed by atoms with Gasteiger partial charge in [-0.25, -0.2) is 23.4 Å². The molecule has 0 fully saturated rings. The number of hydroxylamine groups is 2. The fourth-order valence-corrected chi connectivity index (χ4v) is 6.31. The summed E-state index contributed by atoms with van der Waals surface area (Å²) in [6, 6.07) is 10.4. The summed E-state index contributed by atoms with van der Waals surface area (Å²) >= 11 is 0. The van der Waals surface area contributed by atoms with Gasteiger partial charge in [-0.05, 0) is 42.8 Å². The third kappa shape index (κ3) is 4.74. The highest BCUT2D eigenvalue weighted by Gasteiger charge is 2.37. The lowest BCUT2D eigenvalue weighted by molar-refractivity contribution is -0.157. The summed E-state index contributed by atoms with van der Waals surface area (Å²) in [5.41, 5.74) is 2.73. The van der Waals surface area contributed by atoms with Gasteiger partial charge in [-0.1, -0.05) is 6.07 Å². The number of rotatable bonds is 7. The van der Waals surface area contributed by atoms with E-state index in [0.29, 0.717) is 57.9 Å². The summed E-state index contributed by atoms with van der Waals surface area (Å²) in [4.78, 5) is 37.9. The maximum atomic E-state index is 13.3. The van der Waals surface area contributed by atoms with E-state index in [0.717, 1.165) is 16.9 Å². The minimum absolute atomic E-state index is 0.195. The monoisotopic (exact) mass is 552 g/mol. The lowest BCUT2D eigenvalue weighted by Crippen LogP contribution is -2.38. The second kappa shape index (κ2) is 10.2. The van der Waals surface area contributed by atoms with E-state index in [-0.39, 0.29) is 18.3 Å². The standard InChI is InChI=1S/C26H28N6O6S/c1-4-31-24-18(26(34)29(2)21-8-6-11-27-25(21)31)13-17(14-28-24)10-12-38-22-9-5-7-20-19(22)16-39(36,37)32(20)15-23(33)30(3)35/h5-9,11,13-14,35H,4,10,12,15-16H2,1-3H3. The van der Waals surface area contributed by atoms with Crippen LogP contribution in [-0.2, 0) is 27.0 Å². The number of ether oxygens (including phenoxy) is 1. The Kier molecular flexibility index (Phi) is 6.87. The Morgan fingerprint density at radius 2 is 1.92 bits per heavy atom. The number of nitrogens with zero attached hydrogens (tertiary/aromatic N) is 6. The van der Waals surface area contributed by atoms with Crippen molar-refractivity contribution in [2.75, 3.05) is 47.9 Å². The van der Waals surface area contributed by atoms with Crippen molar-refractivity contribution in [3.05, 3.63) is 65.5 Å². The van der Waals surface area contributed by atoms with E-state index < -0.39 is 22.5 Å². The third-order valence-corrected chi connectivity index (χ3v) is 8.39. The van der Waals surface area contributed by atoms with Crippen LogP contribution in [0.5, 0.6) is 5.75 Å². The van der Waals surface area contributed by atoms with Gasteiger partial charge in [0, 0.05) is 45.0 Å². The van der Waals surface area contributed by atoms with Crippen molar-refractivity contribution in [2.45, 2.75) is 19.1 Å². The summed E-state index contributed by atoms with van der Waals surface area (Å²) < 4.78 is 32.4. The van der Waals surface area contributed by atoms with Gasteiger partial charge in [0.25, 0.3) is 11.8 Å². The number of sulfonamides is 1. The highest BCUT2D eigenvalue weighted by Crippen LogP contribution is 2.40. The molecule has 0 spiro atoms. The van der Waals surface area contributed by atoms with Crippen molar-refractivity contribution < 1.29 is 28.0 Å². The van der Waals surface area contributed by atoms with Crippen molar-refractivity contribution in [1.82, 2.24) is 15.0 Å². The molecule has 204 valence electrons. The van der Waals surface area contributed by atoms with Gasteiger partial charge in [0.1, 0.15) is 23.9 Å². The number of hydrogen-bond acceptors (Lipinski definition) is 9. The van der Waals surface area contributed by atoms with Crippen molar-refractivity contribution in [3.63, 3.8) is 0 Å². The number of carbonyl (C=O) groups excluding carboxylic acids is 2. The molecule has 12 nitrogen and oxygen atoms in total. The van der Waals surface area contributed by atoms with E-state index in [2.05, 4.69) is 9.97 Å². The average Bonchev–Trinajstić information content (AvgIpc) is 3.14. The normalized spacial score (nSPS) is 15.4. The minimum Gasteiger partial charge on any atom is -0.493 e. The molecule has 5 rings (SSSR count). The van der Waals surface area contributed by atoms with Crippen LogP contribution in [0, 0.1) is 0 Å². The average molecular weight is 553 g/mol. The number of hydrogen-bond donors (Lipinski definition) is 1. The topological polar surface area (TPSA) is 136 Å². The van der Waals surface area contributed by atoms with Gasteiger partial charge >= 0.3 is 0 Å². The number of fused-ring (bicyclic) bond motifs is 3. The van der Waals surface area contributed by atoms with Gasteiger partial charge in [-0.3, -0.25) is 19.1 Å². The molecule has 1 aromatic carbocycles. The SMILES string of the molecule is CCN1c2ncc(CCOc3cccc4c3CS(=O)(=O)N4CC(=O)N(C)O)cc2C(=O)N(C)c2cccnc21. The highest BCUT2D eigenvalue weighted by molar-refractivity contribution is 7.92. The maximum Gasteiger partial charge on any atom is 0.266 e. The van der Waals surface area contributed by atoms with Crippen LogP contribution in [0.4, 0.5) is 23.0 Å². The van der Waals surface area contributed by atoms with E-state index in [1.165, 1.54) is 0 Å². The third-order valence-electron chi connectivity index (χ3n) is 6.74. The predicted octanol–water partition coefficient (Wildman–Crippen LogP) is 2.34. The Balaban J connectivity index is 1.35. The van der Waals surface area contributed by atoms with Crippen LogP contribution >= 0.6 is 0 Å². The van der Waals surface area contributed by atoms with Crippen molar-refractivity contribution in [3.8, 4) is 5.75 Å². The second-order valence-corrected chi connectivity index (χ2v) is 11.1. The van der Waals surface area contributed by atoms with Crippen molar-refractivity contribution >= 4 is 44.8 Å². The molecule has 0 saturated carbocycles. The van der Waals surface area contributed by atoms with Gasteiger partial charge in [-0.15, -0.1) is 0 Å². The van der Waals surface area contributed by atoms with E-state index in [9.17, 15) is 23.2 Å². The van der Waals surface area contributed by atoms with E-state index >= 15 is 0 Å². The number of carbonyl (C=O) groups is 2. The molecule has 0 aliphatic carbocycles. The summed E-state index contributed by atoms with van der Waals surface area (Å²) in [6.45, 7) is 2.24. The second-order valence-electron chi connectivity index (χ2n) is 9.20. The van der Waals surface area contributed by atoms with Gasteiger partial charge in [0.2, 0.25) is 10.0 Å². The van der Waals surface area contributed by atoms with Crippen LogP contribution < -0.4 is 18.8 Å². The molecule has 3 aromatic rings. The molecule has 4 heterocycles. The molecule has 2 aliphatic rings. The Labute approximate surface area is 226 Å². The largest absolute Gasteiger partial charge is 0.493 e. The van der Waals surface area contributed by atoms with Gasteiger partial charge in [0.05, 0.1) is 23.5 Å². The Hall–Kier alpha value is -4.23. The van der Waals surface area contributed by atoms with Crippen molar-refractivity contribution in [2.24, 2.45) is 0 Å². The number of amides is 2. The first-order chi connectivity index (χ1) is 18.6. The molecule has 1 N–H and O–H groups in total. The fourth-order valence-electron chi connectivity index (χ4n) is 4.72. The summed E-state index contributed by atoms with van der Waals surface area (Å²) in [7, 11) is -0.945. The Morgan fingerprint density at radius 1 is 1.15 bits per heavy atom. The first-order valence-electron chi connectivity index (χ1n) is 12.3. The summed E-state index contributed by atoms with van der Waals surface area (Å²) in [6.07, 6.45) is 3.80. The van der Waals surface area contributed by atoms with Crippen LogP contribution in [0.15, 0.2) is 48.8 Å². The summed E-state index contributed by atoms with van der Waals surface area (Å²) in [5, 5.41) is 9.74. The van der Waals surface area contributed by atoms with Gasteiger partial charge in [-0.2, -0.15) is 0 Å². The molecule has 13 heteroatoms. The predicted molar refractivity (Wildman–Crippen MR) is 144 cm³/mol. The molecule has 0 saturated heterocycles. The molecule has 39 heavy (non-hydrogen) atoms. The van der Waals surface area contributed by atoms with Crippen molar-refractivity contribution in [1.29, 1.82) is 0 Å². The first-order valence-corrected chi connectivity index (χ1v) is 13.9. The number of anilines is 4. The lowest BCUT2D eigenvalue weighted by atomic mass is 10.1. The zero-order valence-corrected chi connectivity index (χ0v) is 22.6. The van der Waals surface area contributed by atoms with Crippen LogP contribution in [0.3, 0.4) is 0 Å². The van der Waals surface area contributed by atoms with Crippen LogP contribution in [0.1, 0.15) is 28.4 Å². The number of aromatic nitrogens is 2. The van der Waals surface area contributed by atoms with E-state index in [1.54, 1.807) is 54.7 Å². The zero-order chi connectivity index (χ0) is 27.9. The zero-order valence-electron chi connectivity index (χ0n) is 21.7. The molecule has 0 bridgehead atoms. The molecular weight excluding hydrogens is 524 g/mol. The highest BCUT2D eigenvalue weighted by atomic mass is 32.2. The number of pyridine rings is 2. The van der Waals surface area contributed by atoms with Crippen LogP contribution in [0.25, 0.3) is 0 Å². The molecule has 2 aliphatic heterocycles. The van der Waals surface area contributed by atoms with E-state index in [1.807, 2.05) is 17.9 Å². The molecule has 2 amide bonds. The molecule has 2 aromatic heterocycles. The lowest BCUT2D eigenvalue weighted by Gasteiger charge is -2.22. The van der Waals surface area contributed by atoms with E-state index in [4.69, 9.17) is 4.74 Å². The summed E-state index contributed by atoms with van der Waals surface area (Å²) in [5.74, 6) is 0.316. The fraction of sp³-hybridized carbons (Fsp3) is 0.308. The molecular formula is C26H28N6O6S. The quantitative estimate of drug-likeness (QED) is 0.346. The van der Waals surface area contributed by atoms with Gasteiger partial charge in [0.15, 0.2) is 5.82 Å². The molecule has 0 radical (unpaired) electrons. The van der Waals surface area contributed by atoms with Gasteiger partial charge < -0.3 is 14.5 Å². The maximum absolute atomic E-state index is 13.3. The first kappa shape index (κ1) is 26.4. The molecule has 0 unspecified atom stereocenters.